The summed E-state index contributed by atoms with van der Waals surface area (Å²) in [6.07, 6.45) is 1.92. The number of nitrogens with zero attached hydrogens (tertiary/aromatic N) is 3. The van der Waals surface area contributed by atoms with Gasteiger partial charge in [-0.25, -0.2) is 0 Å². The van der Waals surface area contributed by atoms with E-state index in [2.05, 4.69) is 16.1 Å². The third-order valence-corrected chi connectivity index (χ3v) is 3.51. The molecule has 0 N–H and O–H groups in total. The fourth-order valence-electron chi connectivity index (χ4n) is 2.67. The third kappa shape index (κ3) is 3.60. The minimum Gasteiger partial charge on any atom is -0.459 e. The van der Waals surface area contributed by atoms with E-state index in [9.17, 15) is 4.79 Å². The van der Waals surface area contributed by atoms with Crippen LogP contribution < -0.4 is 0 Å². The number of aromatic nitrogens is 2. The maximum atomic E-state index is 12.3. The minimum absolute atomic E-state index is 0.103. The fourth-order valence-corrected chi connectivity index (χ4v) is 2.67. The molecule has 1 atom stereocenters. The van der Waals surface area contributed by atoms with Gasteiger partial charge in [0, 0.05) is 13.6 Å². The van der Waals surface area contributed by atoms with Gasteiger partial charge >= 0.3 is 5.97 Å². The quantitative estimate of drug-likeness (QED) is 0.794. The van der Waals surface area contributed by atoms with Gasteiger partial charge in [-0.15, -0.1) is 0 Å². The smallest absolute Gasteiger partial charge is 0.323 e. The van der Waals surface area contributed by atoms with E-state index in [4.69, 9.17) is 4.74 Å². The molecular formula is C15H25N3O2. The number of rotatable bonds is 3. The molecule has 0 aromatic carbocycles. The predicted octanol–water partition coefficient (Wildman–Crippen LogP) is 2.03. The van der Waals surface area contributed by atoms with Crippen LogP contribution in [0.3, 0.4) is 0 Å². The van der Waals surface area contributed by atoms with E-state index in [1.54, 1.807) is 0 Å². The summed E-state index contributed by atoms with van der Waals surface area (Å²) >= 11 is 0. The Bertz CT molecular complexity index is 488. The van der Waals surface area contributed by atoms with Crippen LogP contribution in [0.1, 0.15) is 45.0 Å². The molecule has 1 aliphatic heterocycles. The topological polar surface area (TPSA) is 47.4 Å². The lowest BCUT2D eigenvalue weighted by atomic mass is 10.1. The average Bonchev–Trinajstić information content (AvgIpc) is 2.84. The highest BCUT2D eigenvalue weighted by atomic mass is 16.6. The van der Waals surface area contributed by atoms with Crippen molar-refractivity contribution in [1.29, 1.82) is 0 Å². The monoisotopic (exact) mass is 279 g/mol. The van der Waals surface area contributed by atoms with Crippen LogP contribution in [-0.4, -0.2) is 38.8 Å². The maximum absolute atomic E-state index is 12.3. The first-order chi connectivity index (χ1) is 9.26. The average molecular weight is 279 g/mol. The van der Waals surface area contributed by atoms with E-state index >= 15 is 0 Å². The van der Waals surface area contributed by atoms with Gasteiger partial charge in [0.15, 0.2) is 0 Å². The van der Waals surface area contributed by atoms with Crippen molar-refractivity contribution in [2.45, 2.75) is 58.7 Å². The van der Waals surface area contributed by atoms with Crippen molar-refractivity contribution in [3.8, 4) is 0 Å². The van der Waals surface area contributed by atoms with Crippen molar-refractivity contribution in [3.05, 3.63) is 17.5 Å². The van der Waals surface area contributed by atoms with Crippen LogP contribution in [0.5, 0.6) is 0 Å². The lowest BCUT2D eigenvalue weighted by molar-refractivity contribution is -0.160. The van der Waals surface area contributed by atoms with E-state index in [0.717, 1.165) is 37.3 Å². The second-order valence-corrected chi connectivity index (χ2v) is 6.56. The zero-order valence-electron chi connectivity index (χ0n) is 13.1. The van der Waals surface area contributed by atoms with Crippen LogP contribution in [-0.2, 0) is 23.1 Å². The molecule has 0 saturated carbocycles. The number of carbonyl (C=O) groups is 1. The highest BCUT2D eigenvalue weighted by molar-refractivity contribution is 5.76. The van der Waals surface area contributed by atoms with Gasteiger partial charge in [0.05, 0.1) is 11.4 Å². The second-order valence-electron chi connectivity index (χ2n) is 6.56. The molecule has 1 fully saturated rings. The molecule has 5 heteroatoms. The molecular weight excluding hydrogens is 254 g/mol. The summed E-state index contributed by atoms with van der Waals surface area (Å²) in [4.78, 5) is 14.5. The molecule has 1 aromatic rings. The molecule has 1 aliphatic rings. The Morgan fingerprint density at radius 2 is 2.20 bits per heavy atom. The number of aryl methyl sites for hydroxylation is 2. The van der Waals surface area contributed by atoms with Gasteiger partial charge in [-0.1, -0.05) is 0 Å². The summed E-state index contributed by atoms with van der Waals surface area (Å²) in [5.74, 6) is -0.103. The minimum atomic E-state index is -0.422. The SMILES string of the molecule is Cc1cc(CN2CCC[C@H]2C(=O)OC(C)(C)C)n(C)n1. The summed E-state index contributed by atoms with van der Waals surface area (Å²) in [5, 5.41) is 4.36. The number of esters is 1. The van der Waals surface area contributed by atoms with E-state index in [1.165, 1.54) is 0 Å². The lowest BCUT2D eigenvalue weighted by Crippen LogP contribution is -2.40. The summed E-state index contributed by atoms with van der Waals surface area (Å²) in [6.45, 7) is 9.41. The fraction of sp³-hybridized carbons (Fsp3) is 0.733. The molecule has 0 unspecified atom stereocenters. The molecule has 2 rings (SSSR count). The highest BCUT2D eigenvalue weighted by Gasteiger charge is 2.34. The number of likely N-dealkylation sites (tertiary alicyclic amines) is 1. The van der Waals surface area contributed by atoms with Gasteiger partial charge in [0.2, 0.25) is 0 Å². The molecule has 2 heterocycles. The molecule has 1 aromatic heterocycles. The summed E-state index contributed by atoms with van der Waals surface area (Å²) in [5.41, 5.74) is 1.72. The van der Waals surface area contributed by atoms with Crippen LogP contribution in [0.25, 0.3) is 0 Å². The lowest BCUT2D eigenvalue weighted by Gasteiger charge is -2.27. The van der Waals surface area contributed by atoms with E-state index in [1.807, 2.05) is 39.4 Å². The summed E-state index contributed by atoms with van der Waals surface area (Å²) < 4.78 is 7.41. The molecule has 5 nitrogen and oxygen atoms in total. The van der Waals surface area contributed by atoms with Crippen molar-refractivity contribution < 1.29 is 9.53 Å². The van der Waals surface area contributed by atoms with Crippen LogP contribution >= 0.6 is 0 Å². The number of ether oxygens (including phenoxy) is 1. The van der Waals surface area contributed by atoms with Crippen LogP contribution in [0.4, 0.5) is 0 Å². The Hall–Kier alpha value is -1.36. The highest BCUT2D eigenvalue weighted by Crippen LogP contribution is 2.23. The molecule has 0 radical (unpaired) electrons. The number of hydrogen-bond donors (Lipinski definition) is 0. The Morgan fingerprint density at radius 3 is 2.75 bits per heavy atom. The molecule has 0 bridgehead atoms. The van der Waals surface area contributed by atoms with Crippen molar-refractivity contribution in [2.24, 2.45) is 7.05 Å². The van der Waals surface area contributed by atoms with Crippen molar-refractivity contribution in [1.82, 2.24) is 14.7 Å². The standard InChI is InChI=1S/C15H25N3O2/c1-11-9-12(17(5)16-11)10-18-8-6-7-13(18)14(19)20-15(2,3)4/h9,13H,6-8,10H2,1-5H3/t13-/m0/s1. The Balaban J connectivity index is 2.04. The third-order valence-electron chi connectivity index (χ3n) is 3.51. The maximum Gasteiger partial charge on any atom is 0.323 e. The number of carbonyl (C=O) groups excluding carboxylic acids is 1. The second kappa shape index (κ2) is 5.56. The first-order valence-corrected chi connectivity index (χ1v) is 7.23. The molecule has 112 valence electrons. The Kier molecular flexibility index (Phi) is 4.18. The first kappa shape index (κ1) is 15.0. The predicted molar refractivity (Wildman–Crippen MR) is 77.2 cm³/mol. The summed E-state index contributed by atoms with van der Waals surface area (Å²) in [7, 11) is 1.95. The number of hydrogen-bond acceptors (Lipinski definition) is 4. The summed E-state index contributed by atoms with van der Waals surface area (Å²) in [6, 6.07) is 1.95. The largest absolute Gasteiger partial charge is 0.459 e. The Labute approximate surface area is 120 Å². The van der Waals surface area contributed by atoms with Crippen LogP contribution in [0.2, 0.25) is 0 Å². The van der Waals surface area contributed by atoms with Gasteiger partial charge in [-0.3, -0.25) is 14.4 Å². The van der Waals surface area contributed by atoms with E-state index in [-0.39, 0.29) is 12.0 Å². The van der Waals surface area contributed by atoms with E-state index < -0.39 is 5.60 Å². The van der Waals surface area contributed by atoms with Gasteiger partial charge in [0.25, 0.3) is 0 Å². The normalized spacial score (nSPS) is 20.4. The first-order valence-electron chi connectivity index (χ1n) is 7.23. The zero-order chi connectivity index (χ0) is 14.9. The van der Waals surface area contributed by atoms with Gasteiger partial charge in [-0.2, -0.15) is 5.10 Å². The van der Waals surface area contributed by atoms with Crippen molar-refractivity contribution >= 4 is 5.97 Å². The van der Waals surface area contributed by atoms with Gasteiger partial charge in [-0.05, 0) is 53.1 Å². The zero-order valence-corrected chi connectivity index (χ0v) is 13.1. The van der Waals surface area contributed by atoms with Gasteiger partial charge < -0.3 is 4.74 Å². The molecule has 1 saturated heterocycles. The van der Waals surface area contributed by atoms with E-state index in [0.29, 0.717) is 0 Å². The van der Waals surface area contributed by atoms with Crippen LogP contribution in [0.15, 0.2) is 6.07 Å². The molecule has 20 heavy (non-hydrogen) atoms. The molecule has 0 amide bonds. The molecule has 0 aliphatic carbocycles. The Morgan fingerprint density at radius 1 is 1.50 bits per heavy atom. The van der Waals surface area contributed by atoms with Gasteiger partial charge in [0.1, 0.15) is 11.6 Å². The molecule has 0 spiro atoms. The van der Waals surface area contributed by atoms with Crippen molar-refractivity contribution in [2.75, 3.05) is 6.54 Å². The van der Waals surface area contributed by atoms with Crippen LogP contribution in [0, 0.1) is 6.92 Å². The van der Waals surface area contributed by atoms with Crippen molar-refractivity contribution in [3.63, 3.8) is 0 Å².